The summed E-state index contributed by atoms with van der Waals surface area (Å²) in [5.74, 6) is -1.72. The van der Waals surface area contributed by atoms with E-state index in [0.29, 0.717) is 34.6 Å². The number of likely N-dealkylation sites (tertiary alicyclic amines) is 2. The molecule has 0 radical (unpaired) electrons. The molecule has 2 N–H and O–H groups in total. The van der Waals surface area contributed by atoms with Crippen molar-refractivity contribution < 1.29 is 49.4 Å². The molecule has 2 rings (SSSR count). The Morgan fingerprint density at radius 2 is 1.22 bits per heavy atom. The van der Waals surface area contributed by atoms with Gasteiger partial charge in [0.05, 0.1) is 0 Å². The van der Waals surface area contributed by atoms with Crippen LogP contribution in [0.25, 0.3) is 0 Å². The summed E-state index contributed by atoms with van der Waals surface area (Å²) in [6.45, 7) is 1.27. The number of thiocarbonyl (C=S) groups is 2. The minimum atomic E-state index is -0.862. The van der Waals surface area contributed by atoms with Gasteiger partial charge in [-0.25, -0.2) is 9.59 Å². The van der Waals surface area contributed by atoms with E-state index in [0.717, 1.165) is 12.8 Å². The Bertz CT molecular complexity index is 463. The number of hydrogen-bond donors (Lipinski definition) is 2. The van der Waals surface area contributed by atoms with E-state index in [1.807, 2.05) is 0 Å². The Morgan fingerprint density at radius 1 is 0.870 bits per heavy atom. The van der Waals surface area contributed by atoms with Crippen molar-refractivity contribution in [1.29, 1.82) is 0 Å². The number of aliphatic carboxylic acids is 2. The Morgan fingerprint density at radius 3 is 1.52 bits per heavy atom. The fourth-order valence-electron chi connectivity index (χ4n) is 2.65. The van der Waals surface area contributed by atoms with Crippen LogP contribution in [-0.2, 0) is 9.59 Å². The maximum Gasteiger partial charge on any atom is 1.00 e. The van der Waals surface area contributed by atoms with Gasteiger partial charge in [-0.15, -0.1) is 0 Å². The Hall–Kier alpha value is 0.420. The molecule has 2 atom stereocenters. The molecule has 11 heteroatoms. The van der Waals surface area contributed by atoms with Gasteiger partial charge in [0.1, 0.15) is 20.7 Å². The van der Waals surface area contributed by atoms with Gasteiger partial charge < -0.3 is 20.0 Å². The molecule has 0 aromatic rings. The molecule has 0 saturated carbocycles. The van der Waals surface area contributed by atoms with Crippen LogP contribution in [0.15, 0.2) is 0 Å². The van der Waals surface area contributed by atoms with E-state index in [-0.39, 0.29) is 29.6 Å². The number of carboxylic acids is 2. The van der Waals surface area contributed by atoms with E-state index in [2.05, 4.69) is 0 Å². The third kappa shape index (κ3) is 5.45. The van der Waals surface area contributed by atoms with Gasteiger partial charge in [0.2, 0.25) is 0 Å². The third-order valence-electron chi connectivity index (χ3n) is 3.73. The number of carbonyl (C=O) groups is 2. The van der Waals surface area contributed by atoms with Gasteiger partial charge in [-0.1, -0.05) is 24.4 Å². The molecule has 0 aromatic carbocycles. The molecule has 23 heavy (non-hydrogen) atoms. The zero-order valence-corrected chi connectivity index (χ0v) is 17.9. The second-order valence-electron chi connectivity index (χ2n) is 5.08. The van der Waals surface area contributed by atoms with Crippen molar-refractivity contribution in [1.82, 2.24) is 9.80 Å². The molecule has 0 aliphatic carbocycles. The van der Waals surface area contributed by atoms with Gasteiger partial charge >= 0.3 is 41.5 Å². The second kappa shape index (κ2) is 9.79. The van der Waals surface area contributed by atoms with Gasteiger partial charge in [-0.05, 0) is 47.3 Å². The Balaban J connectivity index is 0.00000264. The summed E-state index contributed by atoms with van der Waals surface area (Å²) in [6, 6.07) is -1.12. The van der Waals surface area contributed by atoms with Crippen LogP contribution >= 0.6 is 46.0 Å². The monoisotopic (exact) mass is 403 g/mol. The van der Waals surface area contributed by atoms with Crippen molar-refractivity contribution in [3.05, 3.63) is 0 Å². The largest absolute Gasteiger partial charge is 1.00 e. The van der Waals surface area contributed by atoms with Crippen LogP contribution in [0.2, 0.25) is 0 Å². The average molecular weight is 404 g/mol. The van der Waals surface area contributed by atoms with Gasteiger partial charge in [-0.2, -0.15) is 0 Å². The summed E-state index contributed by atoms with van der Waals surface area (Å²) in [4.78, 5) is 25.7. The minimum absolute atomic E-state index is 0. The zero-order valence-electron chi connectivity index (χ0n) is 12.6. The maximum absolute atomic E-state index is 11.2. The Labute approximate surface area is 175 Å². The first-order valence-electron chi connectivity index (χ1n) is 6.83. The SMILES string of the molecule is O=C(O)C1CCCN1C(=S)SSC(=S)N1CCC[C@H]1C(=O)O.[Na+]. The summed E-state index contributed by atoms with van der Waals surface area (Å²) in [5, 5.41) is 18.3. The van der Waals surface area contributed by atoms with Crippen LogP contribution in [0.1, 0.15) is 25.7 Å². The fraction of sp³-hybridized carbons (Fsp3) is 0.667. The van der Waals surface area contributed by atoms with Crippen molar-refractivity contribution in [2.45, 2.75) is 37.8 Å². The molecular formula is C12H16N2NaO4S4+. The van der Waals surface area contributed by atoms with E-state index in [4.69, 9.17) is 34.6 Å². The van der Waals surface area contributed by atoms with E-state index in [1.54, 1.807) is 9.80 Å². The van der Waals surface area contributed by atoms with E-state index < -0.39 is 24.0 Å². The molecular weight excluding hydrogens is 387 g/mol. The van der Waals surface area contributed by atoms with Gasteiger partial charge in [0, 0.05) is 13.1 Å². The number of rotatable bonds is 2. The van der Waals surface area contributed by atoms with Crippen LogP contribution in [0.3, 0.4) is 0 Å². The summed E-state index contributed by atoms with van der Waals surface area (Å²) in [7, 11) is 2.48. The standard InChI is InChI=1S/C12H16N2O4S4.Na/c15-9(16)7-3-1-5-13(7)11(19)21-22-12(20)14-6-2-4-8(14)10(17)18;/h7-8H,1-6H2,(H,15,16)(H,17,18);/q;+1/t7-,8?;/m0./s1. The molecule has 0 aromatic heterocycles. The van der Waals surface area contributed by atoms with Crippen LogP contribution in [-0.4, -0.2) is 65.8 Å². The third-order valence-corrected chi connectivity index (χ3v) is 7.37. The van der Waals surface area contributed by atoms with E-state index in [1.165, 1.54) is 21.6 Å². The Kier molecular flexibility index (Phi) is 9.13. The van der Waals surface area contributed by atoms with Crippen LogP contribution in [0.5, 0.6) is 0 Å². The maximum atomic E-state index is 11.2. The minimum Gasteiger partial charge on any atom is -0.480 e. The zero-order chi connectivity index (χ0) is 16.3. The molecule has 1 unspecified atom stereocenters. The topological polar surface area (TPSA) is 81.1 Å². The van der Waals surface area contributed by atoms with E-state index in [9.17, 15) is 9.59 Å². The molecule has 2 heterocycles. The molecule has 2 aliphatic heterocycles. The number of carboxylic acid groups (broad SMARTS) is 2. The molecule has 122 valence electrons. The van der Waals surface area contributed by atoms with Crippen molar-refractivity contribution in [2.75, 3.05) is 13.1 Å². The van der Waals surface area contributed by atoms with Gasteiger partial charge in [-0.3, -0.25) is 0 Å². The summed E-state index contributed by atoms with van der Waals surface area (Å²) >= 11 is 10.6. The molecule has 0 amide bonds. The van der Waals surface area contributed by atoms with Crippen molar-refractivity contribution in [3.8, 4) is 0 Å². The van der Waals surface area contributed by atoms with Crippen LogP contribution < -0.4 is 29.6 Å². The molecule has 0 bridgehead atoms. The molecule has 2 saturated heterocycles. The van der Waals surface area contributed by atoms with Crippen molar-refractivity contribution in [3.63, 3.8) is 0 Å². The van der Waals surface area contributed by atoms with Crippen LogP contribution in [0, 0.1) is 0 Å². The molecule has 6 nitrogen and oxygen atoms in total. The van der Waals surface area contributed by atoms with Crippen molar-refractivity contribution >= 4 is 66.6 Å². The first-order chi connectivity index (χ1) is 10.4. The normalized spacial score (nSPS) is 23.5. The molecule has 2 fully saturated rings. The smallest absolute Gasteiger partial charge is 0.480 e. The predicted octanol–water partition coefficient (Wildman–Crippen LogP) is -0.960. The fourth-order valence-corrected chi connectivity index (χ4v) is 5.47. The van der Waals surface area contributed by atoms with Crippen LogP contribution in [0.4, 0.5) is 0 Å². The first-order valence-corrected chi connectivity index (χ1v) is 9.79. The van der Waals surface area contributed by atoms with Gasteiger partial charge in [0.25, 0.3) is 0 Å². The number of nitrogens with zero attached hydrogens (tertiary/aromatic N) is 2. The van der Waals surface area contributed by atoms with E-state index >= 15 is 0 Å². The number of hydrogen-bond acceptors (Lipinski definition) is 6. The first kappa shape index (κ1) is 21.5. The summed E-state index contributed by atoms with van der Waals surface area (Å²) in [5.41, 5.74) is 0. The predicted molar refractivity (Wildman–Crippen MR) is 95.1 cm³/mol. The summed E-state index contributed by atoms with van der Waals surface area (Å²) < 4.78 is 0.978. The molecule has 0 spiro atoms. The second-order valence-corrected chi connectivity index (χ2v) is 8.47. The summed E-state index contributed by atoms with van der Waals surface area (Å²) in [6.07, 6.45) is 2.80. The average Bonchev–Trinajstić information content (AvgIpc) is 3.12. The quantitative estimate of drug-likeness (QED) is 0.342. The van der Waals surface area contributed by atoms with Gasteiger partial charge in [0.15, 0.2) is 0 Å². The van der Waals surface area contributed by atoms with Crippen molar-refractivity contribution in [2.24, 2.45) is 0 Å². The molecule has 2 aliphatic rings.